The van der Waals surface area contributed by atoms with Crippen LogP contribution in [-0.2, 0) is 0 Å². The van der Waals surface area contributed by atoms with Gasteiger partial charge in [-0.15, -0.1) is 0 Å². The van der Waals surface area contributed by atoms with Crippen molar-refractivity contribution in [2.75, 3.05) is 6.79 Å². The average molecular weight is 355 g/mol. The quantitative estimate of drug-likeness (QED) is 0.774. The van der Waals surface area contributed by atoms with Gasteiger partial charge in [-0.3, -0.25) is 4.79 Å². The molecule has 7 nitrogen and oxygen atoms in total. The van der Waals surface area contributed by atoms with E-state index in [2.05, 4.69) is 15.5 Å². The summed E-state index contributed by atoms with van der Waals surface area (Å²) in [7, 11) is 0. The van der Waals surface area contributed by atoms with Crippen molar-refractivity contribution in [3.63, 3.8) is 0 Å². The minimum Gasteiger partial charge on any atom is -0.454 e. The van der Waals surface area contributed by atoms with Crippen LogP contribution < -0.4 is 14.8 Å². The molecule has 2 heterocycles. The standard InChI is InChI=1S/C18H14FN3O4/c1-10(11-2-5-13(19)6-3-11)20-17(23)16-21-18(26-22-16)12-4-7-14-15(8-12)25-9-24-14/h2-8,10H,9H2,1H3,(H,20,23)/t10-/m0/s1. The second kappa shape index (κ2) is 6.47. The first-order valence-electron chi connectivity index (χ1n) is 7.90. The Kier molecular flexibility index (Phi) is 4.00. The lowest BCUT2D eigenvalue weighted by Crippen LogP contribution is -2.27. The Balaban J connectivity index is 1.48. The molecule has 0 fully saturated rings. The molecule has 0 spiro atoms. The van der Waals surface area contributed by atoms with Crippen LogP contribution in [0.3, 0.4) is 0 Å². The molecule has 1 aliphatic rings. The number of rotatable bonds is 4. The number of amides is 1. The van der Waals surface area contributed by atoms with Crippen molar-refractivity contribution < 1.29 is 23.2 Å². The second-order valence-corrected chi connectivity index (χ2v) is 5.74. The Morgan fingerprint density at radius 3 is 2.73 bits per heavy atom. The molecule has 3 aromatic rings. The van der Waals surface area contributed by atoms with Gasteiger partial charge in [0.25, 0.3) is 17.6 Å². The second-order valence-electron chi connectivity index (χ2n) is 5.74. The summed E-state index contributed by atoms with van der Waals surface area (Å²) in [4.78, 5) is 16.4. The molecule has 0 unspecified atom stereocenters. The van der Waals surface area contributed by atoms with E-state index in [-0.39, 0.29) is 30.4 Å². The van der Waals surface area contributed by atoms with Gasteiger partial charge in [0.1, 0.15) is 5.82 Å². The monoisotopic (exact) mass is 355 g/mol. The largest absolute Gasteiger partial charge is 0.454 e. The zero-order chi connectivity index (χ0) is 18.1. The molecule has 1 amide bonds. The molecule has 0 radical (unpaired) electrons. The van der Waals surface area contributed by atoms with E-state index >= 15 is 0 Å². The first-order chi connectivity index (χ1) is 12.6. The summed E-state index contributed by atoms with van der Waals surface area (Å²) in [6.45, 7) is 1.95. The Morgan fingerprint density at radius 1 is 1.15 bits per heavy atom. The average Bonchev–Trinajstić information content (AvgIpc) is 3.31. The molecule has 2 aromatic carbocycles. The lowest BCUT2D eigenvalue weighted by atomic mass is 10.1. The Hall–Kier alpha value is -3.42. The van der Waals surface area contributed by atoms with Gasteiger partial charge in [-0.1, -0.05) is 17.3 Å². The zero-order valence-corrected chi connectivity index (χ0v) is 13.7. The first-order valence-corrected chi connectivity index (χ1v) is 7.90. The van der Waals surface area contributed by atoms with Crippen molar-refractivity contribution in [2.24, 2.45) is 0 Å². The van der Waals surface area contributed by atoms with Crippen molar-refractivity contribution in [1.82, 2.24) is 15.5 Å². The highest BCUT2D eigenvalue weighted by Crippen LogP contribution is 2.35. The molecule has 4 rings (SSSR count). The lowest BCUT2D eigenvalue weighted by molar-refractivity contribution is 0.0926. The normalized spacial score (nSPS) is 13.5. The van der Waals surface area contributed by atoms with Crippen LogP contribution in [0.1, 0.15) is 29.1 Å². The number of nitrogens with zero attached hydrogens (tertiary/aromatic N) is 2. The molecule has 0 saturated heterocycles. The molecule has 1 aromatic heterocycles. The molecule has 1 aliphatic heterocycles. The summed E-state index contributed by atoms with van der Waals surface area (Å²) in [6.07, 6.45) is 0. The SMILES string of the molecule is C[C@H](NC(=O)c1noc(-c2ccc3c(c2)OCO3)n1)c1ccc(F)cc1. The summed E-state index contributed by atoms with van der Waals surface area (Å²) in [6, 6.07) is 10.7. The zero-order valence-electron chi connectivity index (χ0n) is 13.7. The van der Waals surface area contributed by atoms with Crippen molar-refractivity contribution in [3.8, 4) is 23.0 Å². The fourth-order valence-electron chi connectivity index (χ4n) is 2.56. The van der Waals surface area contributed by atoms with Crippen LogP contribution in [0.5, 0.6) is 11.5 Å². The molecular formula is C18H14FN3O4. The van der Waals surface area contributed by atoms with Gasteiger partial charge in [-0.05, 0) is 42.8 Å². The number of benzene rings is 2. The Morgan fingerprint density at radius 2 is 1.92 bits per heavy atom. The summed E-state index contributed by atoms with van der Waals surface area (Å²) < 4.78 is 28.7. The van der Waals surface area contributed by atoms with Gasteiger partial charge in [-0.2, -0.15) is 4.98 Å². The summed E-state index contributed by atoms with van der Waals surface area (Å²) >= 11 is 0. The molecule has 8 heteroatoms. The molecule has 26 heavy (non-hydrogen) atoms. The number of ether oxygens (including phenoxy) is 2. The highest BCUT2D eigenvalue weighted by atomic mass is 19.1. The van der Waals surface area contributed by atoms with E-state index in [0.717, 1.165) is 5.56 Å². The highest BCUT2D eigenvalue weighted by molar-refractivity contribution is 5.90. The number of fused-ring (bicyclic) bond motifs is 1. The maximum Gasteiger partial charge on any atom is 0.293 e. The predicted molar refractivity (Wildman–Crippen MR) is 88.1 cm³/mol. The number of carbonyl (C=O) groups excluding carboxylic acids is 1. The van der Waals surface area contributed by atoms with Crippen LogP contribution in [0.15, 0.2) is 47.0 Å². The molecule has 1 atom stereocenters. The van der Waals surface area contributed by atoms with Crippen LogP contribution in [-0.4, -0.2) is 22.8 Å². The van der Waals surface area contributed by atoms with Gasteiger partial charge in [0.2, 0.25) is 6.79 Å². The van der Waals surface area contributed by atoms with Crippen molar-refractivity contribution in [3.05, 3.63) is 59.7 Å². The molecule has 0 saturated carbocycles. The van der Waals surface area contributed by atoms with E-state index in [1.807, 2.05) is 0 Å². The Bertz CT molecular complexity index is 955. The van der Waals surface area contributed by atoms with Gasteiger partial charge in [0.05, 0.1) is 6.04 Å². The third kappa shape index (κ3) is 3.08. The molecule has 132 valence electrons. The number of hydrogen-bond acceptors (Lipinski definition) is 6. The van der Waals surface area contributed by atoms with Crippen LogP contribution in [0, 0.1) is 5.82 Å². The third-order valence-corrected chi connectivity index (χ3v) is 3.97. The van der Waals surface area contributed by atoms with Crippen molar-refractivity contribution in [1.29, 1.82) is 0 Å². The highest BCUT2D eigenvalue weighted by Gasteiger charge is 2.20. The van der Waals surface area contributed by atoms with E-state index in [4.69, 9.17) is 14.0 Å². The van der Waals surface area contributed by atoms with Crippen molar-refractivity contribution >= 4 is 5.91 Å². The van der Waals surface area contributed by atoms with Gasteiger partial charge in [0, 0.05) is 5.56 Å². The van der Waals surface area contributed by atoms with Crippen LogP contribution in [0.4, 0.5) is 4.39 Å². The van der Waals surface area contributed by atoms with E-state index < -0.39 is 5.91 Å². The van der Waals surface area contributed by atoms with E-state index in [0.29, 0.717) is 17.1 Å². The van der Waals surface area contributed by atoms with Gasteiger partial charge in [-0.25, -0.2) is 4.39 Å². The topological polar surface area (TPSA) is 86.5 Å². The number of carbonyl (C=O) groups is 1. The summed E-state index contributed by atoms with van der Waals surface area (Å²) in [5.41, 5.74) is 1.38. The van der Waals surface area contributed by atoms with E-state index in [9.17, 15) is 9.18 Å². The van der Waals surface area contributed by atoms with E-state index in [1.165, 1.54) is 12.1 Å². The predicted octanol–water partition coefficient (Wildman–Crippen LogP) is 3.10. The maximum atomic E-state index is 13.0. The van der Waals surface area contributed by atoms with Crippen molar-refractivity contribution in [2.45, 2.75) is 13.0 Å². The maximum absolute atomic E-state index is 13.0. The number of nitrogens with one attached hydrogen (secondary N) is 1. The van der Waals surface area contributed by atoms with Gasteiger partial charge in [0.15, 0.2) is 11.5 Å². The smallest absolute Gasteiger partial charge is 0.293 e. The van der Waals surface area contributed by atoms with Gasteiger partial charge < -0.3 is 19.3 Å². The molecular weight excluding hydrogens is 341 g/mol. The fourth-order valence-corrected chi connectivity index (χ4v) is 2.56. The minimum absolute atomic E-state index is 0.0911. The van der Waals surface area contributed by atoms with Crippen LogP contribution in [0.2, 0.25) is 0 Å². The van der Waals surface area contributed by atoms with Crippen LogP contribution in [0.25, 0.3) is 11.5 Å². The summed E-state index contributed by atoms with van der Waals surface area (Å²) in [5.74, 6) is 0.502. The number of hydrogen-bond donors (Lipinski definition) is 1. The number of aromatic nitrogens is 2. The van der Waals surface area contributed by atoms with E-state index in [1.54, 1.807) is 37.3 Å². The minimum atomic E-state index is -0.488. The molecule has 0 bridgehead atoms. The molecule has 1 N–H and O–H groups in total. The van der Waals surface area contributed by atoms with Gasteiger partial charge >= 0.3 is 0 Å². The Labute approximate surface area is 147 Å². The fraction of sp³-hybridized carbons (Fsp3) is 0.167. The molecule has 0 aliphatic carbocycles. The first kappa shape index (κ1) is 16.1. The lowest BCUT2D eigenvalue weighted by Gasteiger charge is -2.12. The van der Waals surface area contributed by atoms with Crippen LogP contribution >= 0.6 is 0 Å². The third-order valence-electron chi connectivity index (χ3n) is 3.97. The summed E-state index contributed by atoms with van der Waals surface area (Å²) in [5, 5.41) is 6.46. The number of halogens is 1.